The zero-order chi connectivity index (χ0) is 19.6. The molecule has 0 bridgehead atoms. The van der Waals surface area contributed by atoms with E-state index in [1.807, 2.05) is 6.92 Å². The number of carbonyl (C=O) groups excluding carboxylic acids is 3. The summed E-state index contributed by atoms with van der Waals surface area (Å²) in [5.41, 5.74) is 0.350. The van der Waals surface area contributed by atoms with Crippen molar-refractivity contribution >= 4 is 17.5 Å². The SMILES string of the molecule is CC(=O)O[C@@H]1CC[C@@]2(C)[C@@H](CC[C@H]3[C@@H]4CC=C(C(C)=O)[C@@]4(C)C(=O)C[C@@H]32)C1. The van der Waals surface area contributed by atoms with E-state index in [0.717, 1.165) is 44.1 Å². The lowest BCUT2D eigenvalue weighted by Crippen LogP contribution is -2.57. The number of esters is 1. The van der Waals surface area contributed by atoms with E-state index >= 15 is 0 Å². The largest absolute Gasteiger partial charge is 0.463 e. The van der Waals surface area contributed by atoms with Crippen LogP contribution < -0.4 is 0 Å². The summed E-state index contributed by atoms with van der Waals surface area (Å²) in [6, 6.07) is 0. The maximum atomic E-state index is 13.3. The second kappa shape index (κ2) is 6.28. The quantitative estimate of drug-likeness (QED) is 0.679. The summed E-state index contributed by atoms with van der Waals surface area (Å²) >= 11 is 0. The molecule has 0 aliphatic heterocycles. The number of Topliss-reactive ketones (excluding diaryl/α,β-unsaturated/α-hetero) is 2. The fraction of sp³-hybridized carbons (Fsp3) is 0.783. The third-order valence-corrected chi connectivity index (χ3v) is 8.79. The molecule has 0 aromatic rings. The van der Waals surface area contributed by atoms with Gasteiger partial charge in [-0.15, -0.1) is 0 Å². The molecule has 7 atom stereocenters. The Kier molecular flexibility index (Phi) is 4.40. The predicted molar refractivity (Wildman–Crippen MR) is 102 cm³/mol. The molecular formula is C23H32O4. The fourth-order valence-corrected chi connectivity index (χ4v) is 7.38. The van der Waals surface area contributed by atoms with Crippen LogP contribution in [0.2, 0.25) is 0 Å². The third kappa shape index (κ3) is 2.66. The van der Waals surface area contributed by atoms with E-state index in [2.05, 4.69) is 13.0 Å². The number of ketones is 2. The van der Waals surface area contributed by atoms with Crippen LogP contribution >= 0.6 is 0 Å². The van der Waals surface area contributed by atoms with Crippen molar-refractivity contribution in [2.75, 3.05) is 0 Å². The van der Waals surface area contributed by atoms with Crippen molar-refractivity contribution in [2.24, 2.45) is 34.5 Å². The first-order chi connectivity index (χ1) is 12.7. The van der Waals surface area contributed by atoms with E-state index in [-0.39, 0.29) is 35.0 Å². The summed E-state index contributed by atoms with van der Waals surface area (Å²) in [5.74, 6) is 1.88. The zero-order valence-electron chi connectivity index (χ0n) is 17.0. The molecule has 4 aliphatic carbocycles. The molecule has 0 amide bonds. The molecule has 4 rings (SSSR count). The number of allylic oxidation sites excluding steroid dienone is 2. The van der Waals surface area contributed by atoms with E-state index < -0.39 is 5.41 Å². The van der Waals surface area contributed by atoms with Gasteiger partial charge < -0.3 is 4.74 Å². The second-order valence-electron chi connectivity index (χ2n) is 9.90. The van der Waals surface area contributed by atoms with Crippen molar-refractivity contribution in [1.29, 1.82) is 0 Å². The van der Waals surface area contributed by atoms with Crippen molar-refractivity contribution in [1.82, 2.24) is 0 Å². The van der Waals surface area contributed by atoms with Crippen LogP contribution in [0, 0.1) is 34.5 Å². The van der Waals surface area contributed by atoms with Crippen molar-refractivity contribution < 1.29 is 19.1 Å². The van der Waals surface area contributed by atoms with Gasteiger partial charge in [0.05, 0.1) is 5.41 Å². The molecule has 4 heteroatoms. The Labute approximate surface area is 162 Å². The van der Waals surface area contributed by atoms with Gasteiger partial charge >= 0.3 is 5.97 Å². The van der Waals surface area contributed by atoms with Crippen molar-refractivity contribution in [3.63, 3.8) is 0 Å². The Morgan fingerprint density at radius 1 is 1.11 bits per heavy atom. The predicted octanol–water partition coefficient (Wildman–Crippen LogP) is 4.27. The molecule has 27 heavy (non-hydrogen) atoms. The molecule has 3 saturated carbocycles. The maximum absolute atomic E-state index is 13.3. The highest BCUT2D eigenvalue weighted by molar-refractivity contribution is 6.04. The molecule has 4 nitrogen and oxygen atoms in total. The highest BCUT2D eigenvalue weighted by Crippen LogP contribution is 2.65. The second-order valence-corrected chi connectivity index (χ2v) is 9.90. The molecule has 0 heterocycles. The normalized spacial score (nSPS) is 46.0. The van der Waals surface area contributed by atoms with Crippen molar-refractivity contribution in [3.05, 3.63) is 11.6 Å². The number of rotatable bonds is 2. The molecule has 0 radical (unpaired) electrons. The van der Waals surface area contributed by atoms with Gasteiger partial charge in [-0.25, -0.2) is 0 Å². The number of hydrogen-bond acceptors (Lipinski definition) is 4. The Morgan fingerprint density at radius 3 is 2.52 bits per heavy atom. The van der Waals surface area contributed by atoms with Crippen molar-refractivity contribution in [3.8, 4) is 0 Å². The molecule has 0 saturated heterocycles. The number of hydrogen-bond donors (Lipinski definition) is 0. The fourth-order valence-electron chi connectivity index (χ4n) is 7.38. The molecule has 0 aromatic carbocycles. The molecule has 0 unspecified atom stereocenters. The summed E-state index contributed by atoms with van der Waals surface area (Å²) in [7, 11) is 0. The van der Waals surface area contributed by atoms with Gasteiger partial charge in [-0.3, -0.25) is 14.4 Å². The highest BCUT2D eigenvalue weighted by Gasteiger charge is 2.62. The topological polar surface area (TPSA) is 60.4 Å². The summed E-state index contributed by atoms with van der Waals surface area (Å²) in [4.78, 5) is 36.9. The zero-order valence-corrected chi connectivity index (χ0v) is 17.0. The minimum absolute atomic E-state index is 0.0409. The smallest absolute Gasteiger partial charge is 0.302 e. The lowest BCUT2D eigenvalue weighted by Gasteiger charge is -2.60. The van der Waals surface area contributed by atoms with Gasteiger partial charge in [0, 0.05) is 18.9 Å². The Morgan fingerprint density at radius 2 is 1.85 bits per heavy atom. The Hall–Kier alpha value is -1.45. The third-order valence-electron chi connectivity index (χ3n) is 8.79. The number of ether oxygens (including phenoxy) is 1. The van der Waals surface area contributed by atoms with E-state index in [1.165, 1.54) is 6.92 Å². The molecule has 0 aromatic heterocycles. The molecule has 3 fully saturated rings. The van der Waals surface area contributed by atoms with Gasteiger partial charge in [-0.1, -0.05) is 13.0 Å². The van der Waals surface area contributed by atoms with Gasteiger partial charge in [0.15, 0.2) is 5.78 Å². The van der Waals surface area contributed by atoms with Crippen LogP contribution in [0.1, 0.15) is 72.6 Å². The monoisotopic (exact) mass is 372 g/mol. The molecule has 0 N–H and O–H groups in total. The van der Waals surface area contributed by atoms with Gasteiger partial charge in [0.2, 0.25) is 0 Å². The summed E-state index contributed by atoms with van der Waals surface area (Å²) in [5, 5.41) is 0. The lowest BCUT2D eigenvalue weighted by atomic mass is 9.44. The van der Waals surface area contributed by atoms with E-state index in [0.29, 0.717) is 24.2 Å². The maximum Gasteiger partial charge on any atom is 0.302 e. The van der Waals surface area contributed by atoms with Crippen molar-refractivity contribution in [2.45, 2.75) is 78.7 Å². The van der Waals surface area contributed by atoms with Crippen LogP contribution in [0.5, 0.6) is 0 Å². The standard InChI is InChI=1S/C23H32O4/c1-13(24)18-7-8-19-17-6-5-15-11-16(27-14(2)25)9-10-22(15,3)20(17)12-21(26)23(18,19)4/h7,15-17,19-20H,5-6,8-12H2,1-4H3/t15-,16+,17-,19-,20-,22-,23+/m0/s1. The minimum Gasteiger partial charge on any atom is -0.463 e. The van der Waals surface area contributed by atoms with E-state index in [1.54, 1.807) is 6.92 Å². The van der Waals surface area contributed by atoms with Crippen LogP contribution in [-0.2, 0) is 19.1 Å². The van der Waals surface area contributed by atoms with Crippen LogP contribution in [0.15, 0.2) is 11.6 Å². The van der Waals surface area contributed by atoms with Gasteiger partial charge in [-0.05, 0) is 81.5 Å². The minimum atomic E-state index is -0.564. The first-order valence-corrected chi connectivity index (χ1v) is 10.6. The lowest BCUT2D eigenvalue weighted by molar-refractivity contribution is -0.163. The molecule has 0 spiro atoms. The summed E-state index contributed by atoms with van der Waals surface area (Å²) in [6.45, 7) is 7.50. The summed E-state index contributed by atoms with van der Waals surface area (Å²) in [6.07, 6.45) is 8.72. The van der Waals surface area contributed by atoms with Gasteiger partial charge in [0.25, 0.3) is 0 Å². The summed E-state index contributed by atoms with van der Waals surface area (Å²) < 4.78 is 5.52. The molecule has 148 valence electrons. The van der Waals surface area contributed by atoms with Crippen LogP contribution in [0.25, 0.3) is 0 Å². The highest BCUT2D eigenvalue weighted by atomic mass is 16.5. The van der Waals surface area contributed by atoms with E-state index in [4.69, 9.17) is 4.74 Å². The first-order valence-electron chi connectivity index (χ1n) is 10.6. The average Bonchev–Trinajstić information content (AvgIpc) is 2.95. The Balaban J connectivity index is 1.60. The first kappa shape index (κ1) is 18.9. The van der Waals surface area contributed by atoms with Gasteiger partial charge in [-0.2, -0.15) is 0 Å². The molecular weight excluding hydrogens is 340 g/mol. The molecule has 4 aliphatic rings. The van der Waals surface area contributed by atoms with Crippen LogP contribution in [-0.4, -0.2) is 23.6 Å². The van der Waals surface area contributed by atoms with Crippen LogP contribution in [0.4, 0.5) is 0 Å². The Bertz CT molecular complexity index is 722. The van der Waals surface area contributed by atoms with Gasteiger partial charge in [0.1, 0.15) is 11.9 Å². The van der Waals surface area contributed by atoms with E-state index in [9.17, 15) is 14.4 Å². The number of fused-ring (bicyclic) bond motifs is 5. The average molecular weight is 373 g/mol. The van der Waals surface area contributed by atoms with Crippen LogP contribution in [0.3, 0.4) is 0 Å². The number of carbonyl (C=O) groups is 3.